The van der Waals surface area contributed by atoms with Gasteiger partial charge in [0.2, 0.25) is 6.41 Å². The van der Waals surface area contributed by atoms with Gasteiger partial charge in [0.25, 0.3) is 5.69 Å². The Bertz CT molecular complexity index is 480. The molecule has 1 amide bonds. The number of methoxy groups -OCH3 is 1. The van der Waals surface area contributed by atoms with E-state index in [1.165, 1.54) is 25.3 Å². The maximum atomic E-state index is 10.6. The Hall–Kier alpha value is -2.42. The minimum Gasteiger partial charge on any atom is -0.494 e. The van der Waals surface area contributed by atoms with Crippen molar-refractivity contribution in [3.8, 4) is 5.75 Å². The largest absolute Gasteiger partial charge is 0.494 e. The first-order valence-electron chi connectivity index (χ1n) is 4.67. The van der Waals surface area contributed by atoms with Gasteiger partial charge in [-0.2, -0.15) is 0 Å². The number of nitro benzene ring substituents is 1. The molecule has 3 N–H and O–H groups in total. The summed E-state index contributed by atoms with van der Waals surface area (Å²) in [5, 5.41) is 13.4. The Labute approximate surface area is 107 Å². The summed E-state index contributed by atoms with van der Waals surface area (Å²) < 4.78 is 5.00. The molecule has 8 nitrogen and oxygen atoms in total. The van der Waals surface area contributed by atoms with Crippen LogP contribution in [0.15, 0.2) is 18.2 Å². The van der Waals surface area contributed by atoms with Crippen LogP contribution in [0.2, 0.25) is 0 Å². The van der Waals surface area contributed by atoms with Gasteiger partial charge in [0.1, 0.15) is 5.75 Å². The van der Waals surface area contributed by atoms with Crippen molar-refractivity contribution in [3.05, 3.63) is 28.3 Å². The molecule has 96 valence electrons. The van der Waals surface area contributed by atoms with E-state index in [4.69, 9.17) is 17.0 Å². The van der Waals surface area contributed by atoms with E-state index in [-0.39, 0.29) is 16.5 Å². The molecule has 18 heavy (non-hydrogen) atoms. The second kappa shape index (κ2) is 6.35. The predicted octanol–water partition coefficient (Wildman–Crippen LogP) is 0.551. The molecule has 1 rings (SSSR count). The van der Waals surface area contributed by atoms with E-state index in [0.717, 1.165) is 0 Å². The highest BCUT2D eigenvalue weighted by molar-refractivity contribution is 7.80. The van der Waals surface area contributed by atoms with Gasteiger partial charge in [-0.05, 0) is 18.3 Å². The van der Waals surface area contributed by atoms with Gasteiger partial charge >= 0.3 is 0 Å². The summed E-state index contributed by atoms with van der Waals surface area (Å²) in [6.07, 6.45) is 0.418. The number of thiocarbonyl (C=S) groups is 1. The highest BCUT2D eigenvalue weighted by Gasteiger charge is 2.11. The number of hydrazine groups is 1. The molecule has 0 saturated carbocycles. The van der Waals surface area contributed by atoms with E-state index < -0.39 is 4.92 Å². The number of non-ortho nitro benzene ring substituents is 1. The SMILES string of the molecule is COc1cc([N+](=O)[O-])ccc1NC(=S)NNC=O. The molecule has 0 aliphatic carbocycles. The lowest BCUT2D eigenvalue weighted by Crippen LogP contribution is -2.39. The smallest absolute Gasteiger partial charge is 0.273 e. The van der Waals surface area contributed by atoms with Crippen LogP contribution >= 0.6 is 12.2 Å². The summed E-state index contributed by atoms with van der Waals surface area (Å²) in [6.45, 7) is 0. The Morgan fingerprint density at radius 3 is 2.83 bits per heavy atom. The first-order chi connectivity index (χ1) is 8.58. The van der Waals surface area contributed by atoms with Gasteiger partial charge in [0.05, 0.1) is 23.8 Å². The number of benzene rings is 1. The van der Waals surface area contributed by atoms with Gasteiger partial charge in [0.15, 0.2) is 5.11 Å². The minimum atomic E-state index is -0.531. The van der Waals surface area contributed by atoms with Crippen molar-refractivity contribution in [1.82, 2.24) is 10.9 Å². The van der Waals surface area contributed by atoms with Crippen LogP contribution < -0.4 is 20.9 Å². The standard InChI is InChI=1S/C9H10N4O4S/c1-17-8-4-6(13(15)16)2-3-7(8)11-9(18)12-10-5-14/h2-5H,1H3,(H,10,14)(H2,11,12,18). The zero-order valence-corrected chi connectivity index (χ0v) is 10.1. The lowest BCUT2D eigenvalue weighted by atomic mass is 10.2. The van der Waals surface area contributed by atoms with Crippen LogP contribution in [-0.2, 0) is 4.79 Å². The topological polar surface area (TPSA) is 106 Å². The van der Waals surface area contributed by atoms with Crippen molar-refractivity contribution < 1.29 is 14.5 Å². The second-order valence-electron chi connectivity index (χ2n) is 2.98. The van der Waals surface area contributed by atoms with Crippen molar-refractivity contribution in [2.24, 2.45) is 0 Å². The van der Waals surface area contributed by atoms with Crippen LogP contribution in [0.4, 0.5) is 11.4 Å². The van der Waals surface area contributed by atoms with Crippen molar-refractivity contribution in [1.29, 1.82) is 0 Å². The van der Waals surface area contributed by atoms with E-state index in [1.807, 2.05) is 0 Å². The average Bonchev–Trinajstić information content (AvgIpc) is 2.36. The fourth-order valence-corrected chi connectivity index (χ4v) is 1.31. The molecule has 1 aromatic rings. The maximum Gasteiger partial charge on any atom is 0.273 e. The molecule has 1 aromatic carbocycles. The molecule has 0 saturated heterocycles. The van der Waals surface area contributed by atoms with Crippen LogP contribution in [0, 0.1) is 10.1 Å². The van der Waals surface area contributed by atoms with Gasteiger partial charge in [-0.25, -0.2) is 0 Å². The number of ether oxygens (including phenoxy) is 1. The summed E-state index contributed by atoms with van der Waals surface area (Å²) >= 11 is 4.86. The van der Waals surface area contributed by atoms with Crippen LogP contribution in [-0.4, -0.2) is 23.6 Å². The third kappa shape index (κ3) is 3.56. The number of hydrogen-bond acceptors (Lipinski definition) is 5. The lowest BCUT2D eigenvalue weighted by molar-refractivity contribution is -0.384. The second-order valence-corrected chi connectivity index (χ2v) is 3.39. The summed E-state index contributed by atoms with van der Waals surface area (Å²) in [7, 11) is 1.38. The monoisotopic (exact) mass is 270 g/mol. The molecule has 0 unspecified atom stereocenters. The summed E-state index contributed by atoms with van der Waals surface area (Å²) in [5.74, 6) is 0.263. The number of anilines is 1. The molecule has 0 bridgehead atoms. The van der Waals surface area contributed by atoms with Crippen molar-refractivity contribution in [2.75, 3.05) is 12.4 Å². The molecular weight excluding hydrogens is 260 g/mol. The van der Waals surface area contributed by atoms with Crippen LogP contribution in [0.1, 0.15) is 0 Å². The molecular formula is C9H10N4O4S. The summed E-state index contributed by atoms with van der Waals surface area (Å²) in [6, 6.07) is 4.02. The molecule has 0 radical (unpaired) electrons. The first-order valence-corrected chi connectivity index (χ1v) is 5.08. The van der Waals surface area contributed by atoms with Crippen molar-refractivity contribution in [3.63, 3.8) is 0 Å². The van der Waals surface area contributed by atoms with Crippen LogP contribution in [0.3, 0.4) is 0 Å². The molecule has 0 fully saturated rings. The zero-order valence-electron chi connectivity index (χ0n) is 9.30. The number of nitrogens with zero attached hydrogens (tertiary/aromatic N) is 1. The zero-order chi connectivity index (χ0) is 13.5. The first kappa shape index (κ1) is 13.6. The fourth-order valence-electron chi connectivity index (χ4n) is 1.15. The highest BCUT2D eigenvalue weighted by Crippen LogP contribution is 2.28. The molecule has 0 aromatic heterocycles. The molecule has 0 aliphatic heterocycles. The maximum absolute atomic E-state index is 10.6. The summed E-state index contributed by atoms with van der Waals surface area (Å²) in [4.78, 5) is 20.1. The van der Waals surface area contributed by atoms with Gasteiger partial charge in [0, 0.05) is 6.07 Å². The Morgan fingerprint density at radius 1 is 1.56 bits per heavy atom. The third-order valence-corrected chi connectivity index (χ3v) is 2.09. The highest BCUT2D eigenvalue weighted by atomic mass is 32.1. The molecule has 0 aliphatic rings. The number of carbonyl (C=O) groups excluding carboxylic acids is 1. The third-order valence-electron chi connectivity index (χ3n) is 1.89. The van der Waals surface area contributed by atoms with E-state index in [0.29, 0.717) is 12.1 Å². The van der Waals surface area contributed by atoms with E-state index in [9.17, 15) is 14.9 Å². The number of carbonyl (C=O) groups is 1. The van der Waals surface area contributed by atoms with Gasteiger partial charge in [-0.1, -0.05) is 0 Å². The normalized spacial score (nSPS) is 9.17. The van der Waals surface area contributed by atoms with Crippen LogP contribution in [0.25, 0.3) is 0 Å². The Kier molecular flexibility index (Phi) is 4.81. The molecule has 0 heterocycles. The fraction of sp³-hybridized carbons (Fsp3) is 0.111. The van der Waals surface area contributed by atoms with E-state index in [2.05, 4.69) is 16.2 Å². The predicted molar refractivity (Wildman–Crippen MR) is 68.2 cm³/mol. The van der Waals surface area contributed by atoms with Gasteiger partial charge in [-0.15, -0.1) is 0 Å². The number of rotatable bonds is 5. The summed E-state index contributed by atoms with van der Waals surface area (Å²) in [5.41, 5.74) is 4.88. The molecule has 9 heteroatoms. The Morgan fingerprint density at radius 2 is 2.28 bits per heavy atom. The molecule has 0 atom stereocenters. The number of nitrogens with one attached hydrogen (secondary N) is 3. The van der Waals surface area contributed by atoms with Crippen molar-refractivity contribution >= 4 is 35.1 Å². The van der Waals surface area contributed by atoms with E-state index in [1.54, 1.807) is 0 Å². The van der Waals surface area contributed by atoms with Gasteiger partial charge in [-0.3, -0.25) is 25.8 Å². The number of hydrogen-bond donors (Lipinski definition) is 3. The number of amides is 1. The van der Waals surface area contributed by atoms with Gasteiger partial charge < -0.3 is 10.1 Å². The Balaban J connectivity index is 2.85. The average molecular weight is 270 g/mol. The van der Waals surface area contributed by atoms with Crippen molar-refractivity contribution in [2.45, 2.75) is 0 Å². The minimum absolute atomic E-state index is 0.0951. The van der Waals surface area contributed by atoms with E-state index >= 15 is 0 Å². The lowest BCUT2D eigenvalue weighted by Gasteiger charge is -2.12. The van der Waals surface area contributed by atoms with Crippen LogP contribution in [0.5, 0.6) is 5.75 Å². The molecule has 0 spiro atoms. The quantitative estimate of drug-likeness (QED) is 0.310. The number of nitro groups is 1.